The molecule has 4 aliphatic carbocycles. The molecule has 1 aromatic rings. The number of rotatable bonds is 4. The Morgan fingerprint density at radius 3 is 2.62 bits per heavy atom. The molecule has 0 aromatic heterocycles. The van der Waals surface area contributed by atoms with Crippen LogP contribution in [0.15, 0.2) is 30.3 Å². The lowest BCUT2D eigenvalue weighted by atomic mass is 9.38. The van der Waals surface area contributed by atoms with Gasteiger partial charge in [0.1, 0.15) is 5.78 Å². The number of hydrogen-bond donors (Lipinski definition) is 0. The molecule has 0 N–H and O–H groups in total. The lowest BCUT2D eigenvalue weighted by molar-refractivity contribution is -0.158. The number of benzene rings is 1. The molecule has 1 aliphatic heterocycles. The fraction of sp³-hybridized carbons (Fsp3) is 0.708. The van der Waals surface area contributed by atoms with Crippen molar-refractivity contribution in [1.82, 2.24) is 4.90 Å². The van der Waals surface area contributed by atoms with E-state index in [0.717, 1.165) is 31.7 Å². The van der Waals surface area contributed by atoms with Gasteiger partial charge in [-0.3, -0.25) is 4.79 Å². The van der Waals surface area contributed by atoms with Crippen LogP contribution in [-0.4, -0.2) is 30.8 Å². The summed E-state index contributed by atoms with van der Waals surface area (Å²) in [6.45, 7) is 4.77. The molecular weight excluding hydrogens is 318 g/mol. The van der Waals surface area contributed by atoms with Crippen LogP contribution >= 0.6 is 0 Å². The van der Waals surface area contributed by atoms with Gasteiger partial charge in [0.25, 0.3) is 0 Å². The quantitative estimate of drug-likeness (QED) is 0.775. The second-order valence-corrected chi connectivity index (χ2v) is 10.8. The van der Waals surface area contributed by atoms with Crippen LogP contribution in [0.3, 0.4) is 0 Å². The van der Waals surface area contributed by atoms with E-state index in [9.17, 15) is 4.79 Å². The summed E-state index contributed by atoms with van der Waals surface area (Å²) in [5.41, 5.74) is 2.12. The first-order valence-electron chi connectivity index (χ1n) is 10.7. The maximum Gasteiger partial charge on any atom is 0.139 e. The predicted molar refractivity (Wildman–Crippen MR) is 105 cm³/mol. The number of likely N-dealkylation sites (tertiary alicyclic amines) is 1. The molecule has 1 saturated heterocycles. The summed E-state index contributed by atoms with van der Waals surface area (Å²) >= 11 is 0. The van der Waals surface area contributed by atoms with Gasteiger partial charge in [-0.2, -0.15) is 0 Å². The lowest BCUT2D eigenvalue weighted by Crippen LogP contribution is -2.60. The van der Waals surface area contributed by atoms with Crippen molar-refractivity contribution in [3.63, 3.8) is 0 Å². The van der Waals surface area contributed by atoms with E-state index in [1.807, 2.05) is 0 Å². The molecule has 1 aromatic carbocycles. The average molecular weight is 352 g/mol. The summed E-state index contributed by atoms with van der Waals surface area (Å²) in [6, 6.07) is 11.2. The van der Waals surface area contributed by atoms with Crippen molar-refractivity contribution >= 4 is 5.78 Å². The first-order chi connectivity index (χ1) is 12.4. The Kier molecular flexibility index (Phi) is 3.71. The average Bonchev–Trinajstić information content (AvgIpc) is 2.98. The molecule has 2 heteroatoms. The highest BCUT2D eigenvalue weighted by molar-refractivity contribution is 5.86. The number of carbonyl (C=O) groups excluding carboxylic acids is 1. The molecule has 1 heterocycles. The van der Waals surface area contributed by atoms with Crippen molar-refractivity contribution in [3.05, 3.63) is 35.9 Å². The fourth-order valence-electron chi connectivity index (χ4n) is 8.02. The van der Waals surface area contributed by atoms with Crippen molar-refractivity contribution in [2.45, 2.75) is 63.7 Å². The molecular formula is C24H33NO. The molecule has 0 radical (unpaired) electrons. The summed E-state index contributed by atoms with van der Waals surface area (Å²) in [7, 11) is 2.20. The van der Waals surface area contributed by atoms with Gasteiger partial charge >= 0.3 is 0 Å². The number of carbonyl (C=O) groups is 1. The van der Waals surface area contributed by atoms with Gasteiger partial charge in [0, 0.05) is 18.4 Å². The van der Waals surface area contributed by atoms with Gasteiger partial charge in [0.05, 0.1) is 0 Å². The molecule has 6 rings (SSSR count). The third-order valence-corrected chi connectivity index (χ3v) is 8.29. The molecule has 4 bridgehead atoms. The van der Waals surface area contributed by atoms with Crippen molar-refractivity contribution in [3.8, 4) is 0 Å². The maximum absolute atomic E-state index is 13.7. The van der Waals surface area contributed by atoms with Gasteiger partial charge in [-0.25, -0.2) is 0 Å². The predicted octanol–water partition coefficient (Wildman–Crippen LogP) is 4.83. The number of hydrogen-bond acceptors (Lipinski definition) is 2. The maximum atomic E-state index is 13.7. The highest BCUT2D eigenvalue weighted by atomic mass is 16.1. The smallest absolute Gasteiger partial charge is 0.139 e. The molecule has 4 saturated carbocycles. The third-order valence-electron chi connectivity index (χ3n) is 8.29. The van der Waals surface area contributed by atoms with E-state index < -0.39 is 0 Å². The van der Waals surface area contributed by atoms with E-state index in [4.69, 9.17) is 0 Å². The van der Waals surface area contributed by atoms with E-state index >= 15 is 0 Å². The summed E-state index contributed by atoms with van der Waals surface area (Å²) in [5.74, 6) is 1.97. The Bertz CT molecular complexity index is 714. The number of nitrogens with zero attached hydrogens (tertiary/aromatic N) is 1. The normalized spacial score (nSPS) is 44.5. The molecule has 5 atom stereocenters. The van der Waals surface area contributed by atoms with Gasteiger partial charge in [-0.1, -0.05) is 37.3 Å². The van der Waals surface area contributed by atoms with Crippen molar-refractivity contribution in [1.29, 1.82) is 0 Å². The van der Waals surface area contributed by atoms with E-state index in [-0.39, 0.29) is 10.8 Å². The second kappa shape index (κ2) is 5.67. The minimum absolute atomic E-state index is 0.0226. The summed E-state index contributed by atoms with van der Waals surface area (Å²) in [4.78, 5) is 16.0. The van der Waals surface area contributed by atoms with E-state index in [0.29, 0.717) is 17.1 Å². The fourth-order valence-corrected chi connectivity index (χ4v) is 8.02. The van der Waals surface area contributed by atoms with Crippen LogP contribution in [-0.2, 0) is 10.2 Å². The van der Waals surface area contributed by atoms with Crippen LogP contribution in [0.2, 0.25) is 0 Å². The molecule has 0 spiro atoms. The molecule has 5 aliphatic rings. The topological polar surface area (TPSA) is 20.3 Å². The van der Waals surface area contributed by atoms with Gasteiger partial charge in [0.2, 0.25) is 0 Å². The van der Waals surface area contributed by atoms with Crippen LogP contribution < -0.4 is 0 Å². The largest absolute Gasteiger partial charge is 0.306 e. The van der Waals surface area contributed by atoms with Gasteiger partial charge in [-0.15, -0.1) is 0 Å². The second-order valence-electron chi connectivity index (χ2n) is 10.8. The molecule has 4 unspecified atom stereocenters. The van der Waals surface area contributed by atoms with Crippen molar-refractivity contribution in [2.75, 3.05) is 20.1 Å². The van der Waals surface area contributed by atoms with Crippen LogP contribution in [0.5, 0.6) is 0 Å². The summed E-state index contributed by atoms with van der Waals surface area (Å²) < 4.78 is 0. The van der Waals surface area contributed by atoms with E-state index in [2.05, 4.69) is 49.2 Å². The van der Waals surface area contributed by atoms with Crippen LogP contribution in [0.1, 0.15) is 63.9 Å². The SMILES string of the molecule is CN1CC[C@@H](CC(=O)C23CC4CC(C)(C2)CC(c2ccccc2)(C4)C3)C1. The molecule has 26 heavy (non-hydrogen) atoms. The number of Topliss-reactive ketones (excluding diaryl/α,β-unsaturated/α-hetero) is 1. The van der Waals surface area contributed by atoms with Gasteiger partial charge in [-0.05, 0) is 86.8 Å². The van der Waals surface area contributed by atoms with Crippen LogP contribution in [0.25, 0.3) is 0 Å². The summed E-state index contributed by atoms with van der Waals surface area (Å²) in [6.07, 6.45) is 9.46. The van der Waals surface area contributed by atoms with Gasteiger partial charge in [0.15, 0.2) is 0 Å². The minimum atomic E-state index is -0.0226. The van der Waals surface area contributed by atoms with Crippen molar-refractivity contribution in [2.24, 2.45) is 22.7 Å². The zero-order valence-electron chi connectivity index (χ0n) is 16.5. The highest BCUT2D eigenvalue weighted by Crippen LogP contribution is 2.70. The first kappa shape index (κ1) is 17.0. The lowest BCUT2D eigenvalue weighted by Gasteiger charge is -2.66. The van der Waals surface area contributed by atoms with E-state index in [1.54, 1.807) is 0 Å². The molecule has 0 amide bonds. The van der Waals surface area contributed by atoms with Gasteiger partial charge < -0.3 is 4.90 Å². The van der Waals surface area contributed by atoms with Crippen LogP contribution in [0.4, 0.5) is 0 Å². The molecule has 5 fully saturated rings. The Labute approximate surface area is 158 Å². The molecule has 140 valence electrons. The van der Waals surface area contributed by atoms with Crippen LogP contribution in [0, 0.1) is 22.7 Å². The zero-order valence-corrected chi connectivity index (χ0v) is 16.5. The minimum Gasteiger partial charge on any atom is -0.306 e. The Morgan fingerprint density at radius 1 is 1.12 bits per heavy atom. The Morgan fingerprint density at radius 2 is 1.92 bits per heavy atom. The Hall–Kier alpha value is -1.15. The summed E-state index contributed by atoms with van der Waals surface area (Å²) in [5, 5.41) is 0. The van der Waals surface area contributed by atoms with E-state index in [1.165, 1.54) is 44.2 Å². The zero-order chi connectivity index (χ0) is 18.0. The monoisotopic (exact) mass is 351 g/mol. The molecule has 2 nitrogen and oxygen atoms in total. The van der Waals surface area contributed by atoms with Crippen molar-refractivity contribution < 1.29 is 4.79 Å². The third kappa shape index (κ3) is 2.59. The standard InChI is InChI=1S/C24H33NO/c1-22-11-19-12-23(15-22,20-6-4-3-5-7-20)17-24(13-19,16-22)21(26)10-18-8-9-25(2)14-18/h3-7,18-19H,8-17H2,1-2H3/t18-,19?,22?,23?,24?/m0/s1. The number of ketones is 1. The Balaban J connectivity index is 1.47. The highest BCUT2D eigenvalue weighted by Gasteiger charge is 2.64. The first-order valence-corrected chi connectivity index (χ1v) is 10.7.